The molecule has 32 atom stereocenters. The van der Waals surface area contributed by atoms with Crippen molar-refractivity contribution in [2.75, 3.05) is 19.8 Å². The Bertz CT molecular complexity index is 2340. The van der Waals surface area contributed by atoms with E-state index < -0.39 is 177 Å². The SMILES string of the molecule is C[C@@H]1O[C@@H](O[C@H]2[C@H](O[C@H]3CC[C@]4(C)[C@H]5CC=C6[C@@H]7CC(C)(C)CC[C@]7(C(=O)O[C@@H]7O[C@H](CO[C@@H]8O[C@H](CO)[C@@H](O[C@@H]9O[C@@H](C)[C@H](O)[C@@H](O)[C@H]9O)[C@H](O)[C@H]8O)[C@@H](O)[C@H](O)[C@H]7O)CC[C@@]6(C)[C@]5(C)CC[C@H]4C3(C)C)OC[C@@H](O)[C@@H]2O)[C@H](O)[C@H](O)[C@H]1O. The number of ether oxygens (including phenoxy) is 10. The maximum absolute atomic E-state index is 15.2. The number of carbonyl (C=O) groups excluding carboxylic acids is 1. The molecular formula is C59H96O25. The topological polar surface area (TPSA) is 393 Å². The molecule has 0 unspecified atom stereocenters. The van der Waals surface area contributed by atoms with Gasteiger partial charge in [0.25, 0.3) is 0 Å². The largest absolute Gasteiger partial charge is 0.432 e. The molecule has 84 heavy (non-hydrogen) atoms. The highest BCUT2D eigenvalue weighted by molar-refractivity contribution is 5.79. The molecule has 0 amide bonds. The van der Waals surface area contributed by atoms with E-state index in [4.69, 9.17) is 47.4 Å². The minimum atomic E-state index is -1.88. The number of carbonyl (C=O) groups is 1. The molecule has 5 saturated heterocycles. The van der Waals surface area contributed by atoms with E-state index in [-0.39, 0.29) is 52.1 Å². The summed E-state index contributed by atoms with van der Waals surface area (Å²) in [5, 5.41) is 151. The number of allylic oxidation sites excluding steroid dienone is 2. The van der Waals surface area contributed by atoms with Crippen LogP contribution >= 0.6 is 0 Å². The molecule has 14 N–H and O–H groups in total. The number of aliphatic hydroxyl groups is 14. The van der Waals surface area contributed by atoms with Crippen molar-refractivity contribution in [1.29, 1.82) is 0 Å². The molecule has 0 bridgehead atoms. The van der Waals surface area contributed by atoms with Crippen LogP contribution in [0.4, 0.5) is 0 Å². The number of rotatable bonds is 12. The third-order valence-corrected chi connectivity index (χ3v) is 23.0. The molecule has 0 aromatic rings. The van der Waals surface area contributed by atoms with Gasteiger partial charge in [0.2, 0.25) is 6.29 Å². The van der Waals surface area contributed by atoms with Gasteiger partial charge in [-0.25, -0.2) is 0 Å². The summed E-state index contributed by atoms with van der Waals surface area (Å²) < 4.78 is 59.6. The Morgan fingerprint density at radius 2 is 1.13 bits per heavy atom. The molecule has 25 nitrogen and oxygen atoms in total. The fourth-order valence-electron chi connectivity index (χ4n) is 17.5. The lowest BCUT2D eigenvalue weighted by Crippen LogP contribution is -2.66. The molecule has 4 saturated carbocycles. The Balaban J connectivity index is 0.824. The second-order valence-corrected chi connectivity index (χ2v) is 28.6. The van der Waals surface area contributed by atoms with Gasteiger partial charge in [0.1, 0.15) is 104 Å². The third kappa shape index (κ3) is 10.9. The summed E-state index contributed by atoms with van der Waals surface area (Å²) >= 11 is 0. The van der Waals surface area contributed by atoms with Crippen molar-refractivity contribution in [2.24, 2.45) is 50.2 Å². The Labute approximate surface area is 490 Å². The van der Waals surface area contributed by atoms with E-state index in [1.807, 2.05) is 0 Å². The van der Waals surface area contributed by atoms with Crippen molar-refractivity contribution in [3.63, 3.8) is 0 Å². The molecule has 5 aliphatic carbocycles. The van der Waals surface area contributed by atoms with Crippen LogP contribution in [0.5, 0.6) is 0 Å². The van der Waals surface area contributed by atoms with Crippen LogP contribution in [0, 0.1) is 50.2 Å². The van der Waals surface area contributed by atoms with Gasteiger partial charge in [-0.15, -0.1) is 0 Å². The first kappa shape index (κ1) is 65.2. The quantitative estimate of drug-likeness (QED) is 0.0600. The first-order valence-corrected chi connectivity index (χ1v) is 30.5. The Morgan fingerprint density at radius 3 is 1.76 bits per heavy atom. The highest BCUT2D eigenvalue weighted by Gasteiger charge is 2.70. The molecule has 9 fully saturated rings. The Hall–Kier alpha value is -1.71. The third-order valence-electron chi connectivity index (χ3n) is 23.0. The summed E-state index contributed by atoms with van der Waals surface area (Å²) in [6.07, 6.45) is -27.9. The molecule has 25 heteroatoms. The molecule has 10 rings (SSSR count). The van der Waals surface area contributed by atoms with Crippen LogP contribution in [0.2, 0.25) is 0 Å². The van der Waals surface area contributed by atoms with Gasteiger partial charge in [-0.1, -0.05) is 60.1 Å². The van der Waals surface area contributed by atoms with Crippen molar-refractivity contribution >= 4 is 5.97 Å². The molecule has 0 radical (unpaired) electrons. The summed E-state index contributed by atoms with van der Waals surface area (Å²) in [6.45, 7) is 17.3. The molecule has 0 aromatic carbocycles. The predicted octanol–water partition coefficient (Wildman–Crippen LogP) is -1.52. The van der Waals surface area contributed by atoms with Gasteiger partial charge < -0.3 is 119 Å². The smallest absolute Gasteiger partial charge is 0.315 e. The fourth-order valence-corrected chi connectivity index (χ4v) is 17.5. The van der Waals surface area contributed by atoms with Crippen molar-refractivity contribution in [3.8, 4) is 0 Å². The molecule has 482 valence electrons. The second-order valence-electron chi connectivity index (χ2n) is 28.6. The first-order valence-electron chi connectivity index (χ1n) is 30.5. The van der Waals surface area contributed by atoms with E-state index >= 15 is 4.79 Å². The maximum atomic E-state index is 15.2. The fraction of sp³-hybridized carbons (Fsp3) is 0.949. The summed E-state index contributed by atoms with van der Waals surface area (Å²) in [4.78, 5) is 15.2. The van der Waals surface area contributed by atoms with Crippen molar-refractivity contribution in [1.82, 2.24) is 0 Å². The molecule has 0 aromatic heterocycles. The molecule has 5 heterocycles. The summed E-state index contributed by atoms with van der Waals surface area (Å²) in [5.41, 5.74) is -1.12. The highest BCUT2D eigenvalue weighted by Crippen LogP contribution is 2.76. The van der Waals surface area contributed by atoms with Crippen LogP contribution in [-0.4, -0.2) is 251 Å². The highest BCUT2D eigenvalue weighted by atomic mass is 16.8. The van der Waals surface area contributed by atoms with E-state index in [9.17, 15) is 71.5 Å². The Kier molecular flexibility index (Phi) is 18.5. The van der Waals surface area contributed by atoms with Crippen LogP contribution in [0.1, 0.15) is 127 Å². The minimum Gasteiger partial charge on any atom is -0.432 e. The van der Waals surface area contributed by atoms with Gasteiger partial charge in [0, 0.05) is 0 Å². The number of hydrogen-bond donors (Lipinski definition) is 14. The van der Waals surface area contributed by atoms with E-state index in [0.29, 0.717) is 38.5 Å². The van der Waals surface area contributed by atoms with Gasteiger partial charge in [0.15, 0.2) is 25.2 Å². The van der Waals surface area contributed by atoms with Gasteiger partial charge in [-0.05, 0) is 123 Å². The van der Waals surface area contributed by atoms with Crippen molar-refractivity contribution in [2.45, 2.75) is 280 Å². The predicted molar refractivity (Wildman–Crippen MR) is 287 cm³/mol. The molecule has 0 spiro atoms. The summed E-state index contributed by atoms with van der Waals surface area (Å²) in [6, 6.07) is 0. The second kappa shape index (κ2) is 23.8. The van der Waals surface area contributed by atoms with Crippen LogP contribution < -0.4 is 0 Å². The van der Waals surface area contributed by atoms with E-state index in [2.05, 4.69) is 54.5 Å². The molecular weight excluding hydrogens is 1110 g/mol. The number of hydrogen-bond acceptors (Lipinski definition) is 25. The van der Waals surface area contributed by atoms with Crippen LogP contribution in [0.25, 0.3) is 0 Å². The lowest BCUT2D eigenvalue weighted by Gasteiger charge is -2.71. The lowest BCUT2D eigenvalue weighted by atomic mass is 9.33. The molecule has 5 aliphatic heterocycles. The van der Waals surface area contributed by atoms with Crippen LogP contribution in [-0.2, 0) is 52.2 Å². The standard InChI is InChI=1S/C59H96O25/c1-24-34(62)38(66)42(70)49(77-24)82-46-29(21-60)79-48(45(73)41(46)69)76-23-30-37(65)40(68)44(72)51(80-30)84-53(74)59-18-16-54(3,4)20-27(59)26-10-11-32-56(7)14-13-33(55(5,6)31(56)12-15-58(32,9)57(26,8)17-19-59)81-52-47(36(64)28(61)22-75-52)83-50-43(71)39(67)35(63)25(2)78-50/h10,24-25,27-52,60-73H,11-23H2,1-9H3/t24-,25-,27-,28+,29+,30+,31-,32+,33-,34-,35-,36-,37+,38+,39+,40-,41+,42+,43+,44+,45+,46+,47+,48+,49-,50-,51-,52-,56-,57+,58+,59-/m0/s1. The molecule has 10 aliphatic rings. The normalized spacial score (nSPS) is 54.6. The number of aliphatic hydroxyl groups excluding tert-OH is 14. The van der Waals surface area contributed by atoms with Gasteiger partial charge in [-0.3, -0.25) is 4.79 Å². The van der Waals surface area contributed by atoms with Crippen LogP contribution in [0.15, 0.2) is 11.6 Å². The average Bonchev–Trinajstić information content (AvgIpc) is 0.705. The number of esters is 1. The zero-order valence-electron chi connectivity index (χ0n) is 49.7. The monoisotopic (exact) mass is 1200 g/mol. The first-order chi connectivity index (χ1) is 39.3. The van der Waals surface area contributed by atoms with Gasteiger partial charge in [0.05, 0.1) is 43.5 Å². The maximum Gasteiger partial charge on any atom is 0.315 e. The number of fused-ring (bicyclic) bond motifs is 7. The van der Waals surface area contributed by atoms with E-state index in [1.165, 1.54) is 19.4 Å². The van der Waals surface area contributed by atoms with Crippen molar-refractivity contribution in [3.05, 3.63) is 11.6 Å². The van der Waals surface area contributed by atoms with Crippen molar-refractivity contribution < 1.29 is 124 Å². The zero-order chi connectivity index (χ0) is 61.3. The zero-order valence-corrected chi connectivity index (χ0v) is 49.7. The summed E-state index contributed by atoms with van der Waals surface area (Å²) in [5.74, 6) is -0.449. The summed E-state index contributed by atoms with van der Waals surface area (Å²) in [7, 11) is 0. The van der Waals surface area contributed by atoms with Gasteiger partial charge >= 0.3 is 5.97 Å². The minimum absolute atomic E-state index is 0.150. The average molecular weight is 1210 g/mol. The lowest BCUT2D eigenvalue weighted by molar-refractivity contribution is -0.364. The van der Waals surface area contributed by atoms with Gasteiger partial charge in [-0.2, -0.15) is 0 Å². The Morgan fingerprint density at radius 1 is 0.560 bits per heavy atom. The van der Waals surface area contributed by atoms with E-state index in [0.717, 1.165) is 25.7 Å². The van der Waals surface area contributed by atoms with E-state index in [1.54, 1.807) is 0 Å². The van der Waals surface area contributed by atoms with Crippen LogP contribution in [0.3, 0.4) is 0 Å².